The van der Waals surface area contributed by atoms with Crippen LogP contribution in [-0.2, 0) is 9.53 Å². The summed E-state index contributed by atoms with van der Waals surface area (Å²) in [4.78, 5) is 35.0. The Morgan fingerprint density at radius 3 is 2.72 bits per heavy atom. The molecule has 0 aliphatic carbocycles. The van der Waals surface area contributed by atoms with E-state index in [9.17, 15) is 19.7 Å². The number of hydrogen-bond donors (Lipinski definition) is 2. The number of hydrogen-bond acceptors (Lipinski definition) is 5. The van der Waals surface area contributed by atoms with Gasteiger partial charge in [-0.3, -0.25) is 4.79 Å². The summed E-state index contributed by atoms with van der Waals surface area (Å²) >= 11 is 0. The maximum Gasteiger partial charge on any atom is 0.328 e. The number of nitro groups is 1. The fourth-order valence-electron chi connectivity index (χ4n) is 1.22. The van der Waals surface area contributed by atoms with Crippen molar-refractivity contribution in [1.82, 2.24) is 10.3 Å². The summed E-state index contributed by atoms with van der Waals surface area (Å²) in [6.07, 6.45) is 0. The molecule has 0 fully saturated rings. The average Bonchev–Trinajstić information content (AvgIpc) is 2.78. The van der Waals surface area contributed by atoms with Crippen LogP contribution in [-0.4, -0.2) is 34.4 Å². The Labute approximate surface area is 102 Å². The molecular weight excluding hydrogens is 242 g/mol. The fraction of sp³-hybridized carbons (Fsp3) is 0.400. The molecule has 8 heteroatoms. The van der Waals surface area contributed by atoms with Crippen LogP contribution in [0.4, 0.5) is 5.82 Å². The van der Waals surface area contributed by atoms with Gasteiger partial charge in [0.25, 0.3) is 5.91 Å². The molecule has 18 heavy (non-hydrogen) atoms. The largest absolute Gasteiger partial charge is 0.464 e. The quantitative estimate of drug-likeness (QED) is 0.454. The van der Waals surface area contributed by atoms with Gasteiger partial charge in [0.1, 0.15) is 6.04 Å². The topological polar surface area (TPSA) is 114 Å². The van der Waals surface area contributed by atoms with Crippen LogP contribution in [0, 0.1) is 10.1 Å². The third-order valence-electron chi connectivity index (χ3n) is 2.10. The first-order valence-corrected chi connectivity index (χ1v) is 5.26. The summed E-state index contributed by atoms with van der Waals surface area (Å²) in [6, 6.07) is 1.62. The van der Waals surface area contributed by atoms with E-state index < -0.39 is 22.8 Å². The number of aromatic nitrogens is 1. The Balaban J connectivity index is 2.64. The van der Waals surface area contributed by atoms with Crippen LogP contribution < -0.4 is 5.32 Å². The lowest BCUT2D eigenvalue weighted by atomic mass is 10.3. The normalized spacial score (nSPS) is 11.7. The van der Waals surface area contributed by atoms with Gasteiger partial charge in [-0.15, -0.1) is 0 Å². The number of aromatic amines is 1. The Morgan fingerprint density at radius 2 is 2.22 bits per heavy atom. The van der Waals surface area contributed by atoms with E-state index in [1.54, 1.807) is 6.92 Å². The molecule has 1 heterocycles. The third kappa shape index (κ3) is 3.30. The number of H-pyrrole nitrogens is 1. The van der Waals surface area contributed by atoms with Crippen molar-refractivity contribution < 1.29 is 19.2 Å². The standard InChI is InChI=1S/C10H13N3O5/c1-3-18-10(15)6(2)11-9(14)7-4-5-8(12-7)13(16)17/h4-6,12H,3H2,1-2H3,(H,11,14). The number of esters is 1. The van der Waals surface area contributed by atoms with Crippen LogP contribution >= 0.6 is 0 Å². The molecule has 0 radical (unpaired) electrons. The van der Waals surface area contributed by atoms with Gasteiger partial charge in [0.05, 0.1) is 6.61 Å². The molecule has 1 aromatic heterocycles. The van der Waals surface area contributed by atoms with Crippen LogP contribution in [0.1, 0.15) is 24.3 Å². The summed E-state index contributed by atoms with van der Waals surface area (Å²) in [5, 5.41) is 12.8. The van der Waals surface area contributed by atoms with Gasteiger partial charge in [-0.1, -0.05) is 0 Å². The van der Waals surface area contributed by atoms with Gasteiger partial charge in [-0.2, -0.15) is 0 Å². The molecule has 1 aromatic rings. The molecule has 0 spiro atoms. The Kier molecular flexibility index (Phi) is 4.41. The van der Waals surface area contributed by atoms with E-state index in [0.29, 0.717) is 0 Å². The van der Waals surface area contributed by atoms with Gasteiger partial charge < -0.3 is 20.2 Å². The van der Waals surface area contributed by atoms with Crippen molar-refractivity contribution in [2.45, 2.75) is 19.9 Å². The van der Waals surface area contributed by atoms with E-state index in [1.165, 1.54) is 19.1 Å². The molecule has 1 unspecified atom stereocenters. The Morgan fingerprint density at radius 1 is 1.56 bits per heavy atom. The number of ether oxygens (including phenoxy) is 1. The van der Waals surface area contributed by atoms with Gasteiger partial charge in [0, 0.05) is 6.07 Å². The van der Waals surface area contributed by atoms with Gasteiger partial charge in [0.2, 0.25) is 0 Å². The SMILES string of the molecule is CCOC(=O)C(C)NC(=O)c1ccc([N+](=O)[O-])[nH]1. The number of rotatable bonds is 5. The van der Waals surface area contributed by atoms with Crippen molar-refractivity contribution in [1.29, 1.82) is 0 Å². The number of amides is 1. The zero-order valence-electron chi connectivity index (χ0n) is 9.93. The van der Waals surface area contributed by atoms with Crippen molar-refractivity contribution in [2.75, 3.05) is 6.61 Å². The predicted molar refractivity (Wildman–Crippen MR) is 61.0 cm³/mol. The van der Waals surface area contributed by atoms with Crippen molar-refractivity contribution in [3.63, 3.8) is 0 Å². The van der Waals surface area contributed by atoms with Crippen LogP contribution in [0.3, 0.4) is 0 Å². The molecule has 0 bridgehead atoms. The number of carbonyl (C=O) groups is 2. The Bertz CT molecular complexity index is 468. The van der Waals surface area contributed by atoms with Gasteiger partial charge in [0.15, 0.2) is 5.69 Å². The first kappa shape index (κ1) is 13.7. The van der Waals surface area contributed by atoms with Crippen LogP contribution in [0.5, 0.6) is 0 Å². The number of nitrogens with zero attached hydrogens (tertiary/aromatic N) is 1. The maximum atomic E-state index is 11.6. The molecule has 2 N–H and O–H groups in total. The highest BCUT2D eigenvalue weighted by Gasteiger charge is 2.21. The fourth-order valence-corrected chi connectivity index (χ4v) is 1.22. The lowest BCUT2D eigenvalue weighted by Crippen LogP contribution is -2.39. The zero-order valence-corrected chi connectivity index (χ0v) is 9.93. The first-order chi connectivity index (χ1) is 8.45. The lowest BCUT2D eigenvalue weighted by molar-refractivity contribution is -0.389. The second-order valence-electron chi connectivity index (χ2n) is 3.46. The summed E-state index contributed by atoms with van der Waals surface area (Å²) in [5.74, 6) is -1.46. The van der Waals surface area contributed by atoms with E-state index in [-0.39, 0.29) is 18.1 Å². The molecule has 1 atom stereocenters. The summed E-state index contributed by atoms with van der Waals surface area (Å²) in [6.45, 7) is 3.33. The average molecular weight is 255 g/mol. The molecular formula is C10H13N3O5. The van der Waals surface area contributed by atoms with Crippen molar-refractivity contribution in [3.8, 4) is 0 Å². The van der Waals surface area contributed by atoms with Crippen molar-refractivity contribution in [2.24, 2.45) is 0 Å². The maximum absolute atomic E-state index is 11.6. The highest BCUT2D eigenvalue weighted by Crippen LogP contribution is 2.09. The molecule has 8 nitrogen and oxygen atoms in total. The van der Waals surface area contributed by atoms with Gasteiger partial charge >= 0.3 is 11.8 Å². The van der Waals surface area contributed by atoms with Gasteiger partial charge in [-0.05, 0) is 24.8 Å². The molecule has 1 amide bonds. The molecule has 0 aliphatic heterocycles. The second kappa shape index (κ2) is 5.80. The smallest absolute Gasteiger partial charge is 0.328 e. The second-order valence-corrected chi connectivity index (χ2v) is 3.46. The summed E-state index contributed by atoms with van der Waals surface area (Å²) in [7, 11) is 0. The molecule has 98 valence electrons. The monoisotopic (exact) mass is 255 g/mol. The molecule has 0 saturated carbocycles. The van der Waals surface area contributed by atoms with Gasteiger partial charge in [-0.25, -0.2) is 9.78 Å². The van der Waals surface area contributed by atoms with E-state index in [1.807, 2.05) is 0 Å². The minimum absolute atomic E-state index is 0.0119. The number of carbonyl (C=O) groups excluding carboxylic acids is 2. The first-order valence-electron chi connectivity index (χ1n) is 5.26. The van der Waals surface area contributed by atoms with Crippen LogP contribution in [0.2, 0.25) is 0 Å². The highest BCUT2D eigenvalue weighted by molar-refractivity contribution is 5.95. The number of nitrogens with one attached hydrogen (secondary N) is 2. The van der Waals surface area contributed by atoms with Crippen LogP contribution in [0.25, 0.3) is 0 Å². The van der Waals surface area contributed by atoms with Crippen LogP contribution in [0.15, 0.2) is 12.1 Å². The third-order valence-corrected chi connectivity index (χ3v) is 2.10. The predicted octanol–water partition coefficient (Wildman–Crippen LogP) is 0.604. The summed E-state index contributed by atoms with van der Waals surface area (Å²) in [5.41, 5.74) is 0.0119. The van der Waals surface area contributed by atoms with Crippen molar-refractivity contribution in [3.05, 3.63) is 27.9 Å². The summed E-state index contributed by atoms with van der Waals surface area (Å²) < 4.78 is 4.71. The van der Waals surface area contributed by atoms with E-state index in [2.05, 4.69) is 10.3 Å². The zero-order chi connectivity index (χ0) is 13.7. The highest BCUT2D eigenvalue weighted by atomic mass is 16.6. The van der Waals surface area contributed by atoms with E-state index in [0.717, 1.165) is 0 Å². The van der Waals surface area contributed by atoms with E-state index >= 15 is 0 Å². The molecule has 1 rings (SSSR count). The molecule has 0 aliphatic rings. The van der Waals surface area contributed by atoms with E-state index in [4.69, 9.17) is 4.74 Å². The van der Waals surface area contributed by atoms with Crippen molar-refractivity contribution >= 4 is 17.7 Å². The lowest BCUT2D eigenvalue weighted by Gasteiger charge is -2.10. The molecule has 0 saturated heterocycles. The molecule has 0 aromatic carbocycles. The Hall–Kier alpha value is -2.38. The minimum atomic E-state index is -0.820. The minimum Gasteiger partial charge on any atom is -0.464 e.